The number of benzene rings is 8. The number of para-hydroxylation sites is 2. The Morgan fingerprint density at radius 3 is 1.81 bits per heavy atom. The zero-order valence-electron chi connectivity index (χ0n) is 28.0. The summed E-state index contributed by atoms with van der Waals surface area (Å²) in [7, 11) is 0. The maximum absolute atomic E-state index is 2.45. The van der Waals surface area contributed by atoms with Crippen LogP contribution in [0.2, 0.25) is 0 Å². The van der Waals surface area contributed by atoms with E-state index in [1.807, 2.05) is 22.7 Å². The van der Waals surface area contributed by atoms with Crippen LogP contribution < -0.4 is 4.90 Å². The second-order valence-corrected chi connectivity index (χ2v) is 15.5. The highest BCUT2D eigenvalue weighted by Crippen LogP contribution is 2.46. The molecular weight excluding hydrogens is 669 g/mol. The minimum Gasteiger partial charge on any atom is -0.309 e. The van der Waals surface area contributed by atoms with Crippen molar-refractivity contribution in [3.05, 3.63) is 182 Å². The van der Waals surface area contributed by atoms with Crippen LogP contribution in [0.4, 0.5) is 17.1 Å². The highest BCUT2D eigenvalue weighted by molar-refractivity contribution is 7.26. The molecule has 8 aromatic carbocycles. The lowest BCUT2D eigenvalue weighted by molar-refractivity contribution is 1.18. The quantitative estimate of drug-likeness (QED) is 0.174. The molecule has 0 amide bonds. The van der Waals surface area contributed by atoms with Crippen LogP contribution in [0.3, 0.4) is 0 Å². The first-order valence-corrected chi connectivity index (χ1v) is 19.2. The summed E-state index contributed by atoms with van der Waals surface area (Å²) in [5.74, 6) is 0. The van der Waals surface area contributed by atoms with Gasteiger partial charge in [-0.15, -0.1) is 22.7 Å². The zero-order valence-corrected chi connectivity index (χ0v) is 29.7. The Morgan fingerprint density at radius 2 is 0.981 bits per heavy atom. The number of rotatable bonds is 5. The van der Waals surface area contributed by atoms with Gasteiger partial charge in [-0.3, -0.25) is 0 Å². The lowest BCUT2D eigenvalue weighted by atomic mass is 10.0. The van der Waals surface area contributed by atoms with Crippen molar-refractivity contribution in [3.8, 4) is 16.8 Å². The van der Waals surface area contributed by atoms with Crippen molar-refractivity contribution < 1.29 is 0 Å². The standard InChI is InChI=1S/C48H30N2S2/c1-2-11-33(12-3-1)50-42-17-7-4-13-36(42)41-29-32(23-28-43(41)50)31-21-24-34(25-22-31)49(35-26-27-39-37-14-5-8-19-45(37)51-47(39)30-35)44-18-10-16-40-38-15-6-9-20-46(38)52-48(40)44/h1-30H. The van der Waals surface area contributed by atoms with Gasteiger partial charge in [-0.2, -0.15) is 0 Å². The Labute approximate surface area is 308 Å². The molecule has 0 saturated heterocycles. The maximum Gasteiger partial charge on any atom is 0.0640 e. The molecule has 0 fully saturated rings. The monoisotopic (exact) mass is 698 g/mol. The molecule has 0 aliphatic heterocycles. The first kappa shape index (κ1) is 29.5. The lowest BCUT2D eigenvalue weighted by Gasteiger charge is -2.26. The summed E-state index contributed by atoms with van der Waals surface area (Å²) >= 11 is 3.74. The summed E-state index contributed by atoms with van der Waals surface area (Å²) in [6.07, 6.45) is 0. The van der Waals surface area contributed by atoms with Crippen LogP contribution in [-0.4, -0.2) is 4.57 Å². The molecule has 0 unspecified atom stereocenters. The maximum atomic E-state index is 2.45. The van der Waals surface area contributed by atoms with Crippen molar-refractivity contribution in [2.24, 2.45) is 0 Å². The van der Waals surface area contributed by atoms with E-state index in [2.05, 4.69) is 191 Å². The Morgan fingerprint density at radius 1 is 0.365 bits per heavy atom. The molecule has 11 rings (SSSR count). The van der Waals surface area contributed by atoms with Gasteiger partial charge in [0, 0.05) is 63.5 Å². The van der Waals surface area contributed by atoms with Crippen LogP contribution in [0.5, 0.6) is 0 Å². The van der Waals surface area contributed by atoms with E-state index in [-0.39, 0.29) is 0 Å². The fourth-order valence-electron chi connectivity index (χ4n) is 8.00. The SMILES string of the molecule is c1ccc(-n2c3ccccc3c3cc(-c4ccc(N(c5ccc6c(c5)sc5ccccc56)c5cccc6c5sc5ccccc56)cc4)ccc32)cc1. The number of nitrogens with zero attached hydrogens (tertiary/aromatic N) is 2. The summed E-state index contributed by atoms with van der Waals surface area (Å²) in [6.45, 7) is 0. The van der Waals surface area contributed by atoms with Crippen molar-refractivity contribution >= 4 is 102 Å². The van der Waals surface area contributed by atoms with E-state index < -0.39 is 0 Å². The molecule has 0 atom stereocenters. The van der Waals surface area contributed by atoms with Gasteiger partial charge in [0.25, 0.3) is 0 Å². The predicted molar refractivity (Wildman–Crippen MR) is 227 cm³/mol. The summed E-state index contributed by atoms with van der Waals surface area (Å²) in [6, 6.07) is 66.6. The molecule has 0 radical (unpaired) electrons. The van der Waals surface area contributed by atoms with E-state index >= 15 is 0 Å². The van der Waals surface area contributed by atoms with Crippen LogP contribution in [0.15, 0.2) is 182 Å². The van der Waals surface area contributed by atoms with E-state index in [1.165, 1.54) is 84.7 Å². The predicted octanol–water partition coefficient (Wildman–Crippen LogP) is 14.7. The van der Waals surface area contributed by atoms with Gasteiger partial charge in [0.05, 0.1) is 21.4 Å². The lowest BCUT2D eigenvalue weighted by Crippen LogP contribution is -2.09. The number of thiophene rings is 2. The minimum atomic E-state index is 1.14. The van der Waals surface area contributed by atoms with Crippen molar-refractivity contribution in [1.29, 1.82) is 0 Å². The molecular formula is C48H30N2S2. The van der Waals surface area contributed by atoms with E-state index in [9.17, 15) is 0 Å². The average molecular weight is 699 g/mol. The van der Waals surface area contributed by atoms with Crippen molar-refractivity contribution in [1.82, 2.24) is 4.57 Å². The molecule has 0 bridgehead atoms. The largest absolute Gasteiger partial charge is 0.309 e. The smallest absolute Gasteiger partial charge is 0.0640 e. The Kier molecular flexibility index (Phi) is 6.63. The van der Waals surface area contributed by atoms with Gasteiger partial charge < -0.3 is 9.47 Å². The summed E-state index contributed by atoms with van der Waals surface area (Å²) in [4.78, 5) is 2.45. The fraction of sp³-hybridized carbons (Fsp3) is 0. The van der Waals surface area contributed by atoms with Crippen LogP contribution >= 0.6 is 22.7 Å². The molecule has 52 heavy (non-hydrogen) atoms. The topological polar surface area (TPSA) is 8.17 Å². The van der Waals surface area contributed by atoms with Gasteiger partial charge in [-0.05, 0) is 83.9 Å². The molecule has 3 heterocycles. The number of hydrogen-bond donors (Lipinski definition) is 0. The molecule has 0 aliphatic carbocycles. The molecule has 0 saturated carbocycles. The minimum absolute atomic E-state index is 1.14. The summed E-state index contributed by atoms with van der Waals surface area (Å²) in [5, 5.41) is 7.76. The Hall–Kier alpha value is -6.20. The first-order chi connectivity index (χ1) is 25.8. The molecule has 244 valence electrons. The highest BCUT2D eigenvalue weighted by atomic mass is 32.1. The Bertz CT molecular complexity index is 3130. The van der Waals surface area contributed by atoms with Crippen molar-refractivity contribution in [2.75, 3.05) is 4.90 Å². The van der Waals surface area contributed by atoms with Crippen LogP contribution in [-0.2, 0) is 0 Å². The van der Waals surface area contributed by atoms with Crippen LogP contribution in [0.25, 0.3) is 79.0 Å². The number of aromatic nitrogens is 1. The molecule has 0 aliphatic rings. The zero-order chi connectivity index (χ0) is 34.2. The van der Waals surface area contributed by atoms with Crippen LogP contribution in [0, 0.1) is 0 Å². The van der Waals surface area contributed by atoms with Gasteiger partial charge in [0.2, 0.25) is 0 Å². The van der Waals surface area contributed by atoms with Gasteiger partial charge in [0.1, 0.15) is 0 Å². The normalized spacial score (nSPS) is 11.8. The summed E-state index contributed by atoms with van der Waals surface area (Å²) in [5.41, 5.74) is 9.50. The third-order valence-electron chi connectivity index (χ3n) is 10.4. The highest BCUT2D eigenvalue weighted by Gasteiger charge is 2.20. The van der Waals surface area contributed by atoms with Crippen molar-refractivity contribution in [2.45, 2.75) is 0 Å². The van der Waals surface area contributed by atoms with E-state index in [0.29, 0.717) is 0 Å². The van der Waals surface area contributed by atoms with E-state index in [4.69, 9.17) is 0 Å². The van der Waals surface area contributed by atoms with Crippen molar-refractivity contribution in [3.63, 3.8) is 0 Å². The molecule has 11 aromatic rings. The molecule has 0 N–H and O–H groups in total. The first-order valence-electron chi connectivity index (χ1n) is 17.6. The third kappa shape index (κ3) is 4.55. The molecule has 3 aromatic heterocycles. The van der Waals surface area contributed by atoms with Gasteiger partial charge in [-0.1, -0.05) is 109 Å². The third-order valence-corrected chi connectivity index (χ3v) is 12.7. The summed E-state index contributed by atoms with van der Waals surface area (Å²) < 4.78 is 7.60. The van der Waals surface area contributed by atoms with Gasteiger partial charge in [-0.25, -0.2) is 0 Å². The number of hydrogen-bond acceptors (Lipinski definition) is 3. The van der Waals surface area contributed by atoms with Gasteiger partial charge in [0.15, 0.2) is 0 Å². The second kappa shape index (κ2) is 11.7. The molecule has 2 nitrogen and oxygen atoms in total. The molecule has 0 spiro atoms. The Balaban J connectivity index is 1.07. The van der Waals surface area contributed by atoms with Crippen LogP contribution in [0.1, 0.15) is 0 Å². The number of anilines is 3. The second-order valence-electron chi connectivity index (χ2n) is 13.3. The number of fused-ring (bicyclic) bond motifs is 9. The average Bonchev–Trinajstić information content (AvgIpc) is 3.88. The van der Waals surface area contributed by atoms with E-state index in [1.54, 1.807) is 0 Å². The fourth-order valence-corrected chi connectivity index (χ4v) is 10.3. The van der Waals surface area contributed by atoms with E-state index in [0.717, 1.165) is 11.4 Å². The molecule has 4 heteroatoms. The van der Waals surface area contributed by atoms with Gasteiger partial charge >= 0.3 is 0 Å².